The van der Waals surface area contributed by atoms with E-state index in [4.69, 9.17) is 16.3 Å². The van der Waals surface area contributed by atoms with E-state index in [1.807, 2.05) is 24.3 Å². The topological polar surface area (TPSA) is 21.3 Å². The first-order chi connectivity index (χ1) is 9.24. The first-order valence-electron chi connectivity index (χ1n) is 5.94. The lowest BCUT2D eigenvalue weighted by molar-refractivity contribution is 0.384. The number of alkyl halides is 1. The van der Waals surface area contributed by atoms with E-state index in [0.717, 1.165) is 11.3 Å². The van der Waals surface area contributed by atoms with Crippen LogP contribution < -0.4 is 10.1 Å². The van der Waals surface area contributed by atoms with E-state index >= 15 is 0 Å². The Balaban J connectivity index is 2.10. The quantitative estimate of drug-likeness (QED) is 0.829. The molecule has 0 fully saturated rings. The van der Waals surface area contributed by atoms with Gasteiger partial charge in [-0.2, -0.15) is 0 Å². The molecule has 1 N–H and O–H groups in total. The minimum atomic E-state index is -0.328. The Morgan fingerprint density at radius 3 is 2.74 bits per heavy atom. The van der Waals surface area contributed by atoms with Crippen molar-refractivity contribution in [3.8, 4) is 5.75 Å². The summed E-state index contributed by atoms with van der Waals surface area (Å²) in [5, 5.41) is 3.17. The monoisotopic (exact) mass is 279 g/mol. The fraction of sp³-hybridized carbons (Fsp3) is 0.200. The molecule has 0 aliphatic heterocycles. The van der Waals surface area contributed by atoms with E-state index in [1.54, 1.807) is 18.2 Å². The summed E-state index contributed by atoms with van der Waals surface area (Å²) in [5.74, 6) is 0.392. The normalized spacial score (nSPS) is 10.3. The SMILES string of the molecule is COc1cccc(CNc2cccc(CCl)c2)c1F. The zero-order valence-corrected chi connectivity index (χ0v) is 11.4. The Labute approximate surface area is 117 Å². The molecule has 2 nitrogen and oxygen atoms in total. The number of nitrogens with one attached hydrogen (secondary N) is 1. The molecule has 0 radical (unpaired) electrons. The second kappa shape index (κ2) is 6.43. The molecule has 2 aromatic rings. The second-order valence-electron chi connectivity index (χ2n) is 4.12. The van der Waals surface area contributed by atoms with E-state index in [9.17, 15) is 4.39 Å². The van der Waals surface area contributed by atoms with E-state index < -0.39 is 0 Å². The molecule has 0 bridgehead atoms. The van der Waals surface area contributed by atoms with Crippen LogP contribution in [0.4, 0.5) is 10.1 Å². The van der Waals surface area contributed by atoms with Crippen LogP contribution in [0.2, 0.25) is 0 Å². The Morgan fingerprint density at radius 1 is 1.21 bits per heavy atom. The Bertz CT molecular complexity index is 560. The van der Waals surface area contributed by atoms with E-state index in [1.165, 1.54) is 7.11 Å². The highest BCUT2D eigenvalue weighted by Gasteiger charge is 2.07. The minimum absolute atomic E-state index is 0.258. The van der Waals surface area contributed by atoms with Crippen molar-refractivity contribution in [3.05, 3.63) is 59.4 Å². The summed E-state index contributed by atoms with van der Waals surface area (Å²) in [4.78, 5) is 0. The van der Waals surface area contributed by atoms with Crippen LogP contribution in [-0.2, 0) is 12.4 Å². The molecule has 19 heavy (non-hydrogen) atoms. The van der Waals surface area contributed by atoms with Gasteiger partial charge in [-0.15, -0.1) is 11.6 Å². The number of anilines is 1. The first kappa shape index (κ1) is 13.7. The zero-order valence-electron chi connectivity index (χ0n) is 10.6. The van der Waals surface area contributed by atoms with E-state index in [2.05, 4.69) is 5.32 Å². The Hall–Kier alpha value is -1.74. The fourth-order valence-electron chi connectivity index (χ4n) is 1.81. The van der Waals surface area contributed by atoms with Crippen LogP contribution >= 0.6 is 11.6 Å². The predicted octanol–water partition coefficient (Wildman–Crippen LogP) is 4.19. The highest BCUT2D eigenvalue weighted by atomic mass is 35.5. The van der Waals surface area contributed by atoms with Gasteiger partial charge in [-0.1, -0.05) is 24.3 Å². The van der Waals surface area contributed by atoms with Gasteiger partial charge in [0, 0.05) is 23.7 Å². The highest BCUT2D eigenvalue weighted by molar-refractivity contribution is 6.17. The Morgan fingerprint density at radius 2 is 2.00 bits per heavy atom. The number of benzene rings is 2. The third-order valence-corrected chi connectivity index (χ3v) is 3.14. The van der Waals surface area contributed by atoms with Crippen LogP contribution in [0.3, 0.4) is 0 Å². The molecule has 0 atom stereocenters. The van der Waals surface area contributed by atoms with Crippen molar-refractivity contribution >= 4 is 17.3 Å². The van der Waals surface area contributed by atoms with Crippen molar-refractivity contribution in [2.45, 2.75) is 12.4 Å². The molecule has 0 aromatic heterocycles. The van der Waals surface area contributed by atoms with Gasteiger partial charge >= 0.3 is 0 Å². The second-order valence-corrected chi connectivity index (χ2v) is 4.39. The largest absolute Gasteiger partial charge is 0.494 e. The van der Waals surface area contributed by atoms with Crippen LogP contribution in [0.15, 0.2) is 42.5 Å². The molecule has 4 heteroatoms. The van der Waals surface area contributed by atoms with Gasteiger partial charge in [-0.3, -0.25) is 0 Å². The predicted molar refractivity (Wildman–Crippen MR) is 76.3 cm³/mol. The summed E-state index contributed by atoms with van der Waals surface area (Å²) >= 11 is 5.78. The summed E-state index contributed by atoms with van der Waals surface area (Å²) in [5.41, 5.74) is 2.51. The van der Waals surface area contributed by atoms with Gasteiger partial charge in [0.15, 0.2) is 11.6 Å². The molecular weight excluding hydrogens is 265 g/mol. The van der Waals surface area contributed by atoms with E-state index in [-0.39, 0.29) is 11.6 Å². The molecule has 0 unspecified atom stereocenters. The molecule has 2 aromatic carbocycles. The van der Waals surface area contributed by atoms with E-state index in [0.29, 0.717) is 18.0 Å². The summed E-state index contributed by atoms with van der Waals surface area (Å²) in [6.07, 6.45) is 0. The summed E-state index contributed by atoms with van der Waals surface area (Å²) < 4.78 is 18.9. The number of methoxy groups -OCH3 is 1. The van der Waals surface area contributed by atoms with Gasteiger partial charge in [0.05, 0.1) is 7.11 Å². The molecule has 0 amide bonds. The molecule has 0 heterocycles. The third kappa shape index (κ3) is 3.38. The van der Waals surface area contributed by atoms with Gasteiger partial charge < -0.3 is 10.1 Å². The molecule has 100 valence electrons. The average Bonchev–Trinajstić information content (AvgIpc) is 2.46. The van der Waals surface area contributed by atoms with Crippen molar-refractivity contribution in [2.75, 3.05) is 12.4 Å². The highest BCUT2D eigenvalue weighted by Crippen LogP contribution is 2.21. The maximum atomic E-state index is 13.9. The number of ether oxygens (including phenoxy) is 1. The minimum Gasteiger partial charge on any atom is -0.494 e. The number of hydrogen-bond donors (Lipinski definition) is 1. The van der Waals surface area contributed by atoms with Crippen LogP contribution in [-0.4, -0.2) is 7.11 Å². The van der Waals surface area contributed by atoms with Crippen LogP contribution in [0.1, 0.15) is 11.1 Å². The van der Waals surface area contributed by atoms with Crippen LogP contribution in [0, 0.1) is 5.82 Å². The maximum absolute atomic E-state index is 13.9. The zero-order chi connectivity index (χ0) is 13.7. The van der Waals surface area contributed by atoms with Crippen molar-refractivity contribution in [3.63, 3.8) is 0 Å². The number of halogens is 2. The molecule has 0 spiro atoms. The first-order valence-corrected chi connectivity index (χ1v) is 6.48. The van der Waals surface area contributed by atoms with Crippen LogP contribution in [0.25, 0.3) is 0 Å². The molecule has 0 aliphatic carbocycles. The van der Waals surface area contributed by atoms with Crippen LogP contribution in [0.5, 0.6) is 5.75 Å². The summed E-state index contributed by atoms with van der Waals surface area (Å²) in [7, 11) is 1.46. The summed E-state index contributed by atoms with van der Waals surface area (Å²) in [6.45, 7) is 0.398. The average molecular weight is 280 g/mol. The standard InChI is InChI=1S/C15H15ClFNO/c1-19-14-7-3-5-12(15(14)17)10-18-13-6-2-4-11(8-13)9-16/h2-8,18H,9-10H2,1H3. The van der Waals surface area contributed by atoms with Crippen molar-refractivity contribution in [1.29, 1.82) is 0 Å². The van der Waals surface area contributed by atoms with Gasteiger partial charge in [0.25, 0.3) is 0 Å². The van der Waals surface area contributed by atoms with Gasteiger partial charge in [0.1, 0.15) is 0 Å². The number of hydrogen-bond acceptors (Lipinski definition) is 2. The van der Waals surface area contributed by atoms with Gasteiger partial charge in [0.2, 0.25) is 0 Å². The van der Waals surface area contributed by atoms with Gasteiger partial charge in [-0.05, 0) is 23.8 Å². The van der Waals surface area contributed by atoms with Crippen molar-refractivity contribution in [2.24, 2.45) is 0 Å². The number of rotatable bonds is 5. The molecule has 0 saturated carbocycles. The molecular formula is C15H15ClFNO. The lowest BCUT2D eigenvalue weighted by Gasteiger charge is -2.10. The third-order valence-electron chi connectivity index (χ3n) is 2.83. The smallest absolute Gasteiger partial charge is 0.170 e. The molecule has 2 rings (SSSR count). The maximum Gasteiger partial charge on any atom is 0.170 e. The lowest BCUT2D eigenvalue weighted by Crippen LogP contribution is -2.03. The van der Waals surface area contributed by atoms with Gasteiger partial charge in [-0.25, -0.2) is 4.39 Å². The molecule has 0 saturated heterocycles. The summed E-state index contributed by atoms with van der Waals surface area (Å²) in [6, 6.07) is 12.9. The Kier molecular flexibility index (Phi) is 4.63. The lowest BCUT2D eigenvalue weighted by atomic mass is 10.1. The van der Waals surface area contributed by atoms with Crippen molar-refractivity contribution in [1.82, 2.24) is 0 Å². The fourth-order valence-corrected chi connectivity index (χ4v) is 1.98. The van der Waals surface area contributed by atoms with Crippen molar-refractivity contribution < 1.29 is 9.13 Å². The molecule has 0 aliphatic rings.